The van der Waals surface area contributed by atoms with Crippen molar-refractivity contribution in [2.75, 3.05) is 19.8 Å². The molecule has 0 spiro atoms. The fourth-order valence-corrected chi connectivity index (χ4v) is 3.87. The maximum absolute atomic E-state index is 10.5. The number of unbranched alkanes of at least 4 members (excludes halogenated alkanes) is 9. The van der Waals surface area contributed by atoms with Crippen molar-refractivity contribution in [3.63, 3.8) is 0 Å². The third kappa shape index (κ3) is 13.9. The van der Waals surface area contributed by atoms with Gasteiger partial charge in [-0.05, 0) is 44.1 Å². The number of hydrogen-bond acceptors (Lipinski definition) is 5. The summed E-state index contributed by atoms with van der Waals surface area (Å²) in [7, 11) is 0. The molecule has 2 rings (SSSR count). The SMILES string of the molecule is CCCCOCCCCOc1cnc(-c2ccc(CCCCCCCCCCC(=O)O)cc2)nc1. The number of aromatic nitrogens is 2. The molecule has 0 bridgehead atoms. The van der Waals surface area contributed by atoms with Gasteiger partial charge in [-0.25, -0.2) is 9.97 Å². The van der Waals surface area contributed by atoms with Crippen LogP contribution in [-0.2, 0) is 16.0 Å². The second-order valence-corrected chi connectivity index (χ2v) is 9.18. The molecule has 0 saturated heterocycles. The molecule has 0 saturated carbocycles. The quantitative estimate of drug-likeness (QED) is 0.188. The summed E-state index contributed by atoms with van der Waals surface area (Å²) in [4.78, 5) is 19.4. The molecule has 0 unspecified atom stereocenters. The van der Waals surface area contributed by atoms with E-state index in [1.807, 2.05) is 0 Å². The van der Waals surface area contributed by atoms with Crippen LogP contribution in [0.2, 0.25) is 0 Å². The van der Waals surface area contributed by atoms with E-state index in [0.29, 0.717) is 18.8 Å². The van der Waals surface area contributed by atoms with Crippen molar-refractivity contribution in [2.45, 2.75) is 96.8 Å². The van der Waals surface area contributed by atoms with E-state index in [-0.39, 0.29) is 0 Å². The van der Waals surface area contributed by atoms with E-state index in [1.54, 1.807) is 12.4 Å². The lowest BCUT2D eigenvalue weighted by Gasteiger charge is -2.07. The number of carboxylic acid groups (broad SMARTS) is 1. The van der Waals surface area contributed by atoms with Crippen molar-refractivity contribution in [1.82, 2.24) is 9.97 Å². The molecule has 0 aliphatic carbocycles. The average molecular weight is 485 g/mol. The zero-order valence-corrected chi connectivity index (χ0v) is 21.6. The molecule has 1 aromatic carbocycles. The first kappa shape index (κ1) is 28.8. The Balaban J connectivity index is 1.55. The Kier molecular flexibility index (Phi) is 15.5. The largest absolute Gasteiger partial charge is 0.490 e. The number of ether oxygens (including phenoxy) is 2. The Labute approximate surface area is 211 Å². The van der Waals surface area contributed by atoms with E-state index < -0.39 is 5.97 Å². The summed E-state index contributed by atoms with van der Waals surface area (Å²) in [6.45, 7) is 4.48. The first-order chi connectivity index (χ1) is 17.2. The van der Waals surface area contributed by atoms with Crippen molar-refractivity contribution in [2.24, 2.45) is 0 Å². The Morgan fingerprint density at radius 1 is 0.771 bits per heavy atom. The minimum Gasteiger partial charge on any atom is -0.490 e. The molecule has 35 heavy (non-hydrogen) atoms. The highest BCUT2D eigenvalue weighted by Crippen LogP contribution is 2.19. The van der Waals surface area contributed by atoms with Crippen LogP contribution in [0, 0.1) is 0 Å². The van der Waals surface area contributed by atoms with E-state index >= 15 is 0 Å². The fourth-order valence-electron chi connectivity index (χ4n) is 3.87. The van der Waals surface area contributed by atoms with Gasteiger partial charge in [-0.2, -0.15) is 0 Å². The Bertz CT molecular complexity index is 793. The summed E-state index contributed by atoms with van der Waals surface area (Å²) in [5.74, 6) is 0.744. The molecular weight excluding hydrogens is 440 g/mol. The molecule has 0 aliphatic heterocycles. The maximum atomic E-state index is 10.5. The lowest BCUT2D eigenvalue weighted by Crippen LogP contribution is -2.02. The normalized spacial score (nSPS) is 11.0. The molecule has 0 aliphatic rings. The number of aliphatic carboxylic acids is 1. The van der Waals surface area contributed by atoms with Gasteiger partial charge in [0.05, 0.1) is 19.0 Å². The molecule has 1 aromatic heterocycles. The lowest BCUT2D eigenvalue weighted by molar-refractivity contribution is -0.137. The zero-order chi connectivity index (χ0) is 25.0. The molecule has 2 aromatic rings. The third-order valence-electron chi connectivity index (χ3n) is 6.04. The first-order valence-electron chi connectivity index (χ1n) is 13.5. The van der Waals surface area contributed by atoms with E-state index in [2.05, 4.69) is 41.2 Å². The third-order valence-corrected chi connectivity index (χ3v) is 6.04. The van der Waals surface area contributed by atoms with Crippen LogP contribution in [0.15, 0.2) is 36.7 Å². The predicted octanol–water partition coefficient (Wildman–Crippen LogP) is 7.26. The Morgan fingerprint density at radius 3 is 2.03 bits per heavy atom. The van der Waals surface area contributed by atoms with Crippen LogP contribution in [0.3, 0.4) is 0 Å². The van der Waals surface area contributed by atoms with Gasteiger partial charge in [0.15, 0.2) is 11.6 Å². The van der Waals surface area contributed by atoms with Crippen molar-refractivity contribution in [1.29, 1.82) is 0 Å². The minimum absolute atomic E-state index is 0.306. The number of carboxylic acids is 1. The topological polar surface area (TPSA) is 81.5 Å². The van der Waals surface area contributed by atoms with Crippen LogP contribution in [0.1, 0.15) is 96.0 Å². The van der Waals surface area contributed by atoms with E-state index in [4.69, 9.17) is 14.6 Å². The maximum Gasteiger partial charge on any atom is 0.303 e. The molecule has 0 atom stereocenters. The number of benzene rings is 1. The van der Waals surface area contributed by atoms with Crippen molar-refractivity contribution in [3.05, 3.63) is 42.2 Å². The molecule has 6 heteroatoms. The second-order valence-electron chi connectivity index (χ2n) is 9.18. The summed E-state index contributed by atoms with van der Waals surface area (Å²) in [5.41, 5.74) is 2.37. The van der Waals surface area contributed by atoms with E-state index in [1.165, 1.54) is 44.1 Å². The number of hydrogen-bond donors (Lipinski definition) is 1. The zero-order valence-electron chi connectivity index (χ0n) is 21.6. The van der Waals surface area contributed by atoms with E-state index in [0.717, 1.165) is 69.5 Å². The molecule has 1 N–H and O–H groups in total. The van der Waals surface area contributed by atoms with E-state index in [9.17, 15) is 4.79 Å². The second kappa shape index (κ2) is 18.8. The highest BCUT2D eigenvalue weighted by atomic mass is 16.5. The van der Waals surface area contributed by atoms with Crippen molar-refractivity contribution < 1.29 is 19.4 Å². The van der Waals surface area contributed by atoms with Crippen LogP contribution in [0.25, 0.3) is 11.4 Å². The summed E-state index contributed by atoms with van der Waals surface area (Å²) < 4.78 is 11.3. The van der Waals surface area contributed by atoms with Gasteiger partial charge in [0, 0.05) is 25.2 Å². The van der Waals surface area contributed by atoms with Crippen molar-refractivity contribution >= 4 is 5.97 Å². The molecule has 194 valence electrons. The monoisotopic (exact) mass is 484 g/mol. The summed E-state index contributed by atoms with van der Waals surface area (Å²) in [6, 6.07) is 8.55. The summed E-state index contributed by atoms with van der Waals surface area (Å²) in [5, 5.41) is 8.64. The average Bonchev–Trinajstić information content (AvgIpc) is 2.87. The molecule has 0 radical (unpaired) electrons. The van der Waals surface area contributed by atoms with Crippen LogP contribution < -0.4 is 4.74 Å². The van der Waals surface area contributed by atoms with Gasteiger partial charge >= 0.3 is 5.97 Å². The van der Waals surface area contributed by atoms with Gasteiger partial charge in [-0.3, -0.25) is 4.79 Å². The molecule has 0 amide bonds. The van der Waals surface area contributed by atoms with Gasteiger partial charge < -0.3 is 14.6 Å². The van der Waals surface area contributed by atoms with Gasteiger partial charge in [-0.1, -0.05) is 76.1 Å². The molecular formula is C29H44N2O4. The standard InChI is InChI=1S/C29H44N2O4/c1-2-3-20-34-21-12-13-22-35-27-23-30-29(31-24-27)26-18-16-25(17-19-26)14-10-8-6-4-5-7-9-11-15-28(32)33/h16-19,23-24H,2-15,20-22H2,1H3,(H,32,33). The summed E-state index contributed by atoms with van der Waals surface area (Å²) >= 11 is 0. The number of carbonyl (C=O) groups is 1. The number of aryl methyl sites for hydroxylation is 1. The highest BCUT2D eigenvalue weighted by Gasteiger charge is 2.03. The molecule has 6 nitrogen and oxygen atoms in total. The fraction of sp³-hybridized carbons (Fsp3) is 0.621. The summed E-state index contributed by atoms with van der Waals surface area (Å²) in [6.07, 6.45) is 18.3. The van der Waals surface area contributed by atoms with Crippen LogP contribution in [0.5, 0.6) is 5.75 Å². The first-order valence-corrected chi connectivity index (χ1v) is 13.5. The molecule has 1 heterocycles. The Morgan fingerprint density at radius 2 is 1.37 bits per heavy atom. The van der Waals surface area contributed by atoms with Crippen LogP contribution in [0.4, 0.5) is 0 Å². The van der Waals surface area contributed by atoms with Gasteiger partial charge in [0.1, 0.15) is 0 Å². The highest BCUT2D eigenvalue weighted by molar-refractivity contribution is 5.66. The van der Waals surface area contributed by atoms with Crippen molar-refractivity contribution in [3.8, 4) is 17.1 Å². The lowest BCUT2D eigenvalue weighted by atomic mass is 10.0. The van der Waals surface area contributed by atoms with Gasteiger partial charge in [-0.15, -0.1) is 0 Å². The van der Waals surface area contributed by atoms with Gasteiger partial charge in [0.25, 0.3) is 0 Å². The molecule has 0 fully saturated rings. The predicted molar refractivity (Wildman–Crippen MR) is 141 cm³/mol. The Hall–Kier alpha value is -2.47. The van der Waals surface area contributed by atoms with Crippen LogP contribution >= 0.6 is 0 Å². The minimum atomic E-state index is -0.682. The number of nitrogens with zero attached hydrogens (tertiary/aromatic N) is 2. The number of rotatable bonds is 21. The van der Waals surface area contributed by atoms with Gasteiger partial charge in [0.2, 0.25) is 0 Å². The smallest absolute Gasteiger partial charge is 0.303 e. The van der Waals surface area contributed by atoms with Crippen LogP contribution in [-0.4, -0.2) is 40.9 Å².